The molecular formula is C20H30Cl3N3O3S. The van der Waals surface area contributed by atoms with Crippen molar-refractivity contribution in [2.45, 2.75) is 44.6 Å². The topological polar surface area (TPSA) is 69.7 Å². The molecule has 1 heterocycles. The summed E-state index contributed by atoms with van der Waals surface area (Å²) in [6, 6.07) is 4.88. The van der Waals surface area contributed by atoms with E-state index in [-0.39, 0.29) is 29.6 Å². The number of carbonyl (C=O) groups is 1. The zero-order chi connectivity index (χ0) is 21.1. The van der Waals surface area contributed by atoms with Gasteiger partial charge in [-0.05, 0) is 37.5 Å². The molecule has 170 valence electrons. The largest absolute Gasteiger partial charge is 0.350 e. The molecule has 0 aromatic heterocycles. The number of sulfonamides is 1. The molecule has 1 saturated carbocycles. The first kappa shape index (κ1) is 25.7. The van der Waals surface area contributed by atoms with Crippen molar-refractivity contribution < 1.29 is 13.2 Å². The molecule has 1 aromatic carbocycles. The minimum absolute atomic E-state index is 0. The number of nitrogens with zero attached hydrogens (tertiary/aromatic N) is 2. The predicted molar refractivity (Wildman–Crippen MR) is 124 cm³/mol. The summed E-state index contributed by atoms with van der Waals surface area (Å²) in [6.07, 6.45) is 4.90. The van der Waals surface area contributed by atoms with Gasteiger partial charge in [-0.2, -0.15) is 4.31 Å². The maximum absolute atomic E-state index is 12.6. The summed E-state index contributed by atoms with van der Waals surface area (Å²) in [5.41, 5.74) is 0.384. The second-order valence-corrected chi connectivity index (χ2v) is 10.8. The second kappa shape index (κ2) is 10.8. The molecule has 1 saturated heterocycles. The van der Waals surface area contributed by atoms with E-state index in [0.717, 1.165) is 25.7 Å². The average molecular weight is 499 g/mol. The van der Waals surface area contributed by atoms with Gasteiger partial charge in [-0.15, -0.1) is 12.4 Å². The van der Waals surface area contributed by atoms with Gasteiger partial charge in [0.2, 0.25) is 10.0 Å². The molecular weight excluding hydrogens is 469 g/mol. The zero-order valence-corrected chi connectivity index (χ0v) is 20.3. The van der Waals surface area contributed by atoms with Crippen LogP contribution in [-0.4, -0.2) is 67.5 Å². The molecule has 10 heteroatoms. The summed E-state index contributed by atoms with van der Waals surface area (Å²) >= 11 is 12.0. The molecule has 1 aliphatic carbocycles. The maximum atomic E-state index is 12.6. The van der Waals surface area contributed by atoms with E-state index in [9.17, 15) is 13.2 Å². The van der Waals surface area contributed by atoms with Crippen molar-refractivity contribution in [1.82, 2.24) is 14.5 Å². The van der Waals surface area contributed by atoms with Gasteiger partial charge in [-0.1, -0.05) is 43.0 Å². The molecule has 2 fully saturated rings. The third-order valence-electron chi connectivity index (χ3n) is 6.06. The van der Waals surface area contributed by atoms with Crippen molar-refractivity contribution in [3.05, 3.63) is 33.8 Å². The summed E-state index contributed by atoms with van der Waals surface area (Å²) in [7, 11) is -3.16. The molecule has 0 radical (unpaired) electrons. The van der Waals surface area contributed by atoms with E-state index in [0.29, 0.717) is 54.8 Å². The molecule has 3 rings (SSSR count). The van der Waals surface area contributed by atoms with Gasteiger partial charge in [0.1, 0.15) is 0 Å². The fraction of sp³-hybridized carbons (Fsp3) is 0.650. The van der Waals surface area contributed by atoms with E-state index < -0.39 is 10.0 Å². The monoisotopic (exact) mass is 497 g/mol. The Morgan fingerprint density at radius 2 is 1.73 bits per heavy atom. The average Bonchev–Trinajstić information content (AvgIpc) is 3.18. The number of carbonyl (C=O) groups excluding carboxylic acids is 1. The number of benzene rings is 1. The molecule has 0 unspecified atom stereocenters. The summed E-state index contributed by atoms with van der Waals surface area (Å²) in [5.74, 6) is 0.0386. The van der Waals surface area contributed by atoms with Crippen molar-refractivity contribution in [1.29, 1.82) is 0 Å². The van der Waals surface area contributed by atoms with E-state index in [1.165, 1.54) is 0 Å². The minimum Gasteiger partial charge on any atom is -0.350 e. The first-order valence-corrected chi connectivity index (χ1v) is 12.6. The SMILES string of the molecule is CCCS(=O)(=O)N1CCN(C2(CNC(=O)c3ccc(Cl)c(Cl)c3)CCCC2)CC1.Cl. The Bertz CT molecular complexity index is 837. The number of piperazine rings is 1. The fourth-order valence-corrected chi connectivity index (χ4v) is 6.24. The van der Waals surface area contributed by atoms with Crippen LogP contribution in [-0.2, 0) is 10.0 Å². The molecule has 1 aliphatic heterocycles. The quantitative estimate of drug-likeness (QED) is 0.620. The van der Waals surface area contributed by atoms with Gasteiger partial charge in [0.15, 0.2) is 0 Å². The van der Waals surface area contributed by atoms with Crippen LogP contribution in [0.1, 0.15) is 49.4 Å². The third-order valence-corrected chi connectivity index (χ3v) is 8.87. The van der Waals surface area contributed by atoms with Gasteiger partial charge in [-0.25, -0.2) is 8.42 Å². The summed E-state index contributed by atoms with van der Waals surface area (Å²) in [6.45, 7) is 4.87. The van der Waals surface area contributed by atoms with Crippen molar-refractivity contribution >= 4 is 51.5 Å². The first-order chi connectivity index (χ1) is 13.8. The third kappa shape index (κ3) is 5.81. The highest BCUT2D eigenvalue weighted by Gasteiger charge is 2.42. The van der Waals surface area contributed by atoms with Crippen LogP contribution < -0.4 is 5.32 Å². The molecule has 30 heavy (non-hydrogen) atoms. The number of nitrogens with one attached hydrogen (secondary N) is 1. The Morgan fingerprint density at radius 1 is 1.10 bits per heavy atom. The van der Waals surface area contributed by atoms with E-state index in [4.69, 9.17) is 23.2 Å². The van der Waals surface area contributed by atoms with Crippen molar-refractivity contribution in [2.75, 3.05) is 38.5 Å². The van der Waals surface area contributed by atoms with Crippen molar-refractivity contribution in [3.63, 3.8) is 0 Å². The lowest BCUT2D eigenvalue weighted by Crippen LogP contribution is -2.60. The van der Waals surface area contributed by atoms with Gasteiger partial charge < -0.3 is 5.32 Å². The molecule has 1 amide bonds. The fourth-order valence-electron chi connectivity index (χ4n) is 4.45. The lowest BCUT2D eigenvalue weighted by molar-refractivity contribution is 0.0540. The Labute approximate surface area is 195 Å². The smallest absolute Gasteiger partial charge is 0.251 e. The van der Waals surface area contributed by atoms with E-state index in [1.807, 2.05) is 6.92 Å². The maximum Gasteiger partial charge on any atom is 0.251 e. The number of rotatable bonds is 7. The molecule has 1 N–H and O–H groups in total. The molecule has 0 atom stereocenters. The van der Waals surface area contributed by atoms with E-state index in [2.05, 4.69) is 10.2 Å². The Balaban J connectivity index is 0.00000320. The van der Waals surface area contributed by atoms with Crippen molar-refractivity contribution in [2.24, 2.45) is 0 Å². The standard InChI is InChI=1S/C20H29Cl2N3O3S.ClH/c1-2-13-29(27,28)25-11-9-24(10-12-25)20(7-3-4-8-20)15-23-19(26)16-5-6-17(21)18(22)14-16;/h5-6,14H,2-4,7-13,15H2,1H3,(H,23,26);1H. The number of hydrogen-bond acceptors (Lipinski definition) is 4. The lowest BCUT2D eigenvalue weighted by Gasteiger charge is -2.45. The molecule has 0 spiro atoms. The first-order valence-electron chi connectivity index (χ1n) is 10.2. The second-order valence-electron chi connectivity index (χ2n) is 7.95. The predicted octanol–water partition coefficient (Wildman–Crippen LogP) is 3.82. The minimum atomic E-state index is -3.16. The highest BCUT2D eigenvalue weighted by atomic mass is 35.5. The Hall–Kier alpha value is -0.570. The summed E-state index contributed by atoms with van der Waals surface area (Å²) in [4.78, 5) is 15.0. The van der Waals surface area contributed by atoms with Crippen LogP contribution in [0.25, 0.3) is 0 Å². The summed E-state index contributed by atoms with van der Waals surface area (Å²) < 4.78 is 26.3. The Morgan fingerprint density at radius 3 is 2.30 bits per heavy atom. The number of halogens is 3. The van der Waals surface area contributed by atoms with Gasteiger partial charge in [0, 0.05) is 43.8 Å². The van der Waals surface area contributed by atoms with Crippen LogP contribution in [0, 0.1) is 0 Å². The molecule has 6 nitrogen and oxygen atoms in total. The molecule has 1 aromatic rings. The van der Waals surface area contributed by atoms with Crippen LogP contribution in [0.4, 0.5) is 0 Å². The van der Waals surface area contributed by atoms with Crippen LogP contribution in [0.2, 0.25) is 10.0 Å². The van der Waals surface area contributed by atoms with Gasteiger partial charge in [-0.3, -0.25) is 9.69 Å². The van der Waals surface area contributed by atoms with Gasteiger partial charge in [0.25, 0.3) is 5.91 Å². The van der Waals surface area contributed by atoms with Crippen molar-refractivity contribution in [3.8, 4) is 0 Å². The van der Waals surface area contributed by atoms with Gasteiger partial charge >= 0.3 is 0 Å². The highest BCUT2D eigenvalue weighted by molar-refractivity contribution is 7.89. The number of hydrogen-bond donors (Lipinski definition) is 1. The Kier molecular flexibility index (Phi) is 9.28. The van der Waals surface area contributed by atoms with Crippen LogP contribution in [0.5, 0.6) is 0 Å². The summed E-state index contributed by atoms with van der Waals surface area (Å²) in [5, 5.41) is 3.86. The van der Waals surface area contributed by atoms with E-state index >= 15 is 0 Å². The van der Waals surface area contributed by atoms with Crippen LogP contribution in [0.15, 0.2) is 18.2 Å². The van der Waals surface area contributed by atoms with Gasteiger partial charge in [0.05, 0.1) is 15.8 Å². The molecule has 0 bridgehead atoms. The molecule has 2 aliphatic rings. The zero-order valence-electron chi connectivity index (χ0n) is 17.2. The van der Waals surface area contributed by atoms with Crippen LogP contribution in [0.3, 0.4) is 0 Å². The highest BCUT2D eigenvalue weighted by Crippen LogP contribution is 2.36. The lowest BCUT2D eigenvalue weighted by atomic mass is 9.93. The van der Waals surface area contributed by atoms with E-state index in [1.54, 1.807) is 22.5 Å². The number of amides is 1. The van der Waals surface area contributed by atoms with Crippen LogP contribution >= 0.6 is 35.6 Å². The normalized spacial score (nSPS) is 20.0.